The topological polar surface area (TPSA) is 177 Å². The molecule has 16 heteroatoms. The summed E-state index contributed by atoms with van der Waals surface area (Å²) in [7, 11) is 0. The number of hydrogen-bond acceptors (Lipinski definition) is 12. The average molecular weight is 821 g/mol. The SMILES string of the molecule is N#Cc1ccc(OC2CCC(NC(=O)c3ccc(N4CCC(CN5CCC6(CC5)CN(c5ccc7c(n5)CN(C5CCC(=O)NC5=O)C7=O)C6)CC4)nn3)CC2)cc1Cl. The Balaban J connectivity index is 0.675. The highest BCUT2D eigenvalue weighted by atomic mass is 35.5. The number of carbonyl (C=O) groups excluding carboxylic acids is 4. The number of nitrogens with zero attached hydrogens (tertiary/aromatic N) is 8. The number of halogens is 1. The van der Waals surface area contributed by atoms with Crippen molar-refractivity contribution in [2.45, 2.75) is 88.9 Å². The first-order chi connectivity index (χ1) is 28.6. The fraction of sp³-hybridized carbons (Fsp3) is 0.535. The van der Waals surface area contributed by atoms with Gasteiger partial charge in [-0.25, -0.2) is 4.98 Å². The fourth-order valence-electron chi connectivity index (χ4n) is 9.81. The van der Waals surface area contributed by atoms with E-state index in [1.807, 2.05) is 18.2 Å². The molecular formula is C43H49ClN10O5. The van der Waals surface area contributed by atoms with E-state index in [1.165, 1.54) is 0 Å². The Morgan fingerprint density at radius 1 is 0.915 bits per heavy atom. The molecule has 2 aromatic heterocycles. The van der Waals surface area contributed by atoms with Crippen molar-refractivity contribution in [3.05, 3.63) is 70.0 Å². The third kappa shape index (κ3) is 8.30. The molecule has 1 aromatic carbocycles. The number of anilines is 2. The molecule has 308 valence electrons. The van der Waals surface area contributed by atoms with Gasteiger partial charge in [-0.2, -0.15) is 5.26 Å². The monoisotopic (exact) mass is 820 g/mol. The number of rotatable bonds is 9. The van der Waals surface area contributed by atoms with Gasteiger partial charge in [0.2, 0.25) is 11.8 Å². The van der Waals surface area contributed by atoms with E-state index in [4.69, 9.17) is 26.6 Å². The molecule has 1 aliphatic carbocycles. The average Bonchev–Trinajstić information content (AvgIpc) is 3.56. The highest BCUT2D eigenvalue weighted by Crippen LogP contribution is 2.43. The van der Waals surface area contributed by atoms with Gasteiger partial charge in [-0.15, -0.1) is 10.2 Å². The van der Waals surface area contributed by atoms with Gasteiger partial charge in [-0.3, -0.25) is 24.5 Å². The number of fused-ring (bicyclic) bond motifs is 1. The summed E-state index contributed by atoms with van der Waals surface area (Å²) >= 11 is 6.15. The fourth-order valence-corrected chi connectivity index (χ4v) is 10.0. The minimum atomic E-state index is -0.633. The smallest absolute Gasteiger partial charge is 0.272 e. The molecule has 7 heterocycles. The van der Waals surface area contributed by atoms with Crippen molar-refractivity contribution in [1.82, 2.24) is 35.6 Å². The lowest BCUT2D eigenvalue weighted by Gasteiger charge is -2.55. The van der Waals surface area contributed by atoms with Crippen LogP contribution in [0.3, 0.4) is 0 Å². The van der Waals surface area contributed by atoms with E-state index < -0.39 is 11.9 Å². The normalized spacial score (nSPS) is 24.6. The van der Waals surface area contributed by atoms with Crippen LogP contribution in [0.15, 0.2) is 42.5 Å². The summed E-state index contributed by atoms with van der Waals surface area (Å²) in [5, 5.41) is 23.7. The minimum Gasteiger partial charge on any atom is -0.490 e. The van der Waals surface area contributed by atoms with Gasteiger partial charge >= 0.3 is 0 Å². The van der Waals surface area contributed by atoms with E-state index in [0.29, 0.717) is 57.6 Å². The summed E-state index contributed by atoms with van der Waals surface area (Å²) in [5.41, 5.74) is 2.30. The number of ether oxygens (including phenoxy) is 1. The lowest BCUT2D eigenvalue weighted by atomic mass is 9.72. The molecule has 1 saturated carbocycles. The molecule has 4 amide bonds. The van der Waals surface area contributed by atoms with Crippen LogP contribution >= 0.6 is 11.6 Å². The van der Waals surface area contributed by atoms with Crippen LogP contribution in [0, 0.1) is 22.7 Å². The predicted molar refractivity (Wildman–Crippen MR) is 218 cm³/mol. The molecule has 1 spiro atoms. The summed E-state index contributed by atoms with van der Waals surface area (Å²) in [4.78, 5) is 63.8. The molecule has 15 nitrogen and oxygen atoms in total. The molecule has 1 unspecified atom stereocenters. The van der Waals surface area contributed by atoms with Crippen molar-refractivity contribution >= 4 is 46.9 Å². The van der Waals surface area contributed by atoms with Crippen LogP contribution in [0.5, 0.6) is 5.75 Å². The Labute approximate surface area is 348 Å². The van der Waals surface area contributed by atoms with Gasteiger partial charge in [0.15, 0.2) is 11.5 Å². The zero-order valence-electron chi connectivity index (χ0n) is 33.1. The maximum Gasteiger partial charge on any atom is 0.272 e. The Hall–Kier alpha value is -5.33. The van der Waals surface area contributed by atoms with Gasteiger partial charge < -0.3 is 29.7 Å². The summed E-state index contributed by atoms with van der Waals surface area (Å²) in [6.07, 6.45) is 8.33. The number of amides is 4. The number of nitriles is 1. The second-order valence-corrected chi connectivity index (χ2v) is 17.7. The van der Waals surface area contributed by atoms with Gasteiger partial charge in [0.25, 0.3) is 11.8 Å². The number of hydrogen-bond donors (Lipinski definition) is 2. The zero-order valence-corrected chi connectivity index (χ0v) is 33.8. The lowest BCUT2D eigenvalue weighted by Crippen LogP contribution is -2.61. The van der Waals surface area contributed by atoms with Crippen LogP contribution in [0.2, 0.25) is 5.02 Å². The molecule has 5 aliphatic heterocycles. The third-order valence-electron chi connectivity index (χ3n) is 13.4. The van der Waals surface area contributed by atoms with Crippen molar-refractivity contribution in [1.29, 1.82) is 5.26 Å². The van der Waals surface area contributed by atoms with Crippen LogP contribution in [-0.2, 0) is 16.1 Å². The van der Waals surface area contributed by atoms with E-state index >= 15 is 0 Å². The summed E-state index contributed by atoms with van der Waals surface area (Å²) in [6, 6.07) is 14.0. The molecule has 2 N–H and O–H groups in total. The second-order valence-electron chi connectivity index (χ2n) is 17.2. The highest BCUT2D eigenvalue weighted by Gasteiger charge is 2.46. The third-order valence-corrected chi connectivity index (χ3v) is 13.7. The molecule has 3 aromatic rings. The molecule has 1 atom stereocenters. The highest BCUT2D eigenvalue weighted by molar-refractivity contribution is 6.31. The van der Waals surface area contributed by atoms with E-state index in [1.54, 1.807) is 29.2 Å². The largest absolute Gasteiger partial charge is 0.490 e. The molecule has 0 radical (unpaired) electrons. The molecule has 59 heavy (non-hydrogen) atoms. The van der Waals surface area contributed by atoms with Gasteiger partial charge in [0.05, 0.1) is 34.5 Å². The maximum absolute atomic E-state index is 13.1. The number of imide groups is 1. The first-order valence-electron chi connectivity index (χ1n) is 21.0. The van der Waals surface area contributed by atoms with Crippen molar-refractivity contribution in [2.75, 3.05) is 55.6 Å². The van der Waals surface area contributed by atoms with Crippen LogP contribution in [0.1, 0.15) is 96.3 Å². The number of carbonyl (C=O) groups is 4. The standard InChI is InChI=1S/C43H49ClN10O5/c44-33-21-31(4-1-28(33)22-45)59-30-5-2-29(3-6-30)46-40(56)34-8-11-38(50-49-34)52-17-13-27(14-18-52)23-51-19-15-43(16-20-51)25-53(26-43)37-10-7-32-35(47-37)24-54(42(32)58)36-9-12-39(55)48-41(36)57/h1,4,7-8,10-11,21,27,29-30,36H,2-3,5-6,9,12-20,23-26H2,(H,46,56)(H,48,55,57). The Morgan fingerprint density at radius 3 is 2.37 bits per heavy atom. The van der Waals surface area contributed by atoms with Crippen LogP contribution < -0.4 is 25.2 Å². The first kappa shape index (κ1) is 39.1. The molecule has 5 fully saturated rings. The predicted octanol–water partition coefficient (Wildman–Crippen LogP) is 4.10. The van der Waals surface area contributed by atoms with Crippen molar-refractivity contribution in [3.63, 3.8) is 0 Å². The van der Waals surface area contributed by atoms with Crippen molar-refractivity contribution in [3.8, 4) is 11.8 Å². The van der Waals surface area contributed by atoms with E-state index in [-0.39, 0.29) is 36.3 Å². The quantitative estimate of drug-likeness (QED) is 0.296. The molecular weight excluding hydrogens is 772 g/mol. The van der Waals surface area contributed by atoms with Gasteiger partial charge in [-0.05, 0) is 113 Å². The molecule has 9 rings (SSSR count). The number of benzene rings is 1. The van der Waals surface area contributed by atoms with Crippen LogP contribution in [0.25, 0.3) is 0 Å². The summed E-state index contributed by atoms with van der Waals surface area (Å²) in [6.45, 7) is 7.36. The Morgan fingerprint density at radius 2 is 1.68 bits per heavy atom. The molecule has 6 aliphatic rings. The summed E-state index contributed by atoms with van der Waals surface area (Å²) in [5.74, 6) is 1.89. The van der Waals surface area contributed by atoms with Crippen molar-refractivity contribution in [2.24, 2.45) is 11.3 Å². The first-order valence-corrected chi connectivity index (χ1v) is 21.4. The van der Waals surface area contributed by atoms with Gasteiger partial charge in [-0.1, -0.05) is 11.6 Å². The van der Waals surface area contributed by atoms with Crippen molar-refractivity contribution < 1.29 is 23.9 Å². The number of aromatic nitrogens is 3. The Kier molecular flexibility index (Phi) is 10.9. The van der Waals surface area contributed by atoms with Gasteiger partial charge in [0.1, 0.15) is 23.7 Å². The zero-order chi connectivity index (χ0) is 40.7. The maximum atomic E-state index is 13.1. The Bertz CT molecular complexity index is 2150. The second kappa shape index (κ2) is 16.4. The number of piperidine rings is 3. The van der Waals surface area contributed by atoms with E-state index in [9.17, 15) is 19.2 Å². The summed E-state index contributed by atoms with van der Waals surface area (Å²) < 4.78 is 6.09. The van der Waals surface area contributed by atoms with E-state index in [0.717, 1.165) is 109 Å². The van der Waals surface area contributed by atoms with Crippen LogP contribution in [-0.4, -0.2) is 113 Å². The lowest BCUT2D eigenvalue weighted by molar-refractivity contribution is -0.136. The number of pyridine rings is 1. The molecule has 0 bridgehead atoms. The number of nitrogens with one attached hydrogen (secondary N) is 2. The minimum absolute atomic E-state index is 0.0313. The van der Waals surface area contributed by atoms with Crippen LogP contribution in [0.4, 0.5) is 11.6 Å². The number of likely N-dealkylation sites (tertiary alicyclic amines) is 1. The van der Waals surface area contributed by atoms with Gasteiger partial charge in [0, 0.05) is 56.7 Å². The van der Waals surface area contributed by atoms with E-state index in [2.05, 4.69) is 41.6 Å². The molecule has 4 saturated heterocycles.